The third-order valence-corrected chi connectivity index (χ3v) is 5.21. The number of fused-ring (bicyclic) bond motifs is 1. The molecule has 3 heterocycles. The highest BCUT2D eigenvalue weighted by Crippen LogP contribution is 2.13. The van der Waals surface area contributed by atoms with Crippen LogP contribution in [0.1, 0.15) is 50.7 Å². The molecule has 1 unspecified atom stereocenters. The zero-order chi connectivity index (χ0) is 18.9. The Morgan fingerprint density at radius 3 is 2.86 bits per heavy atom. The first-order chi connectivity index (χ1) is 13.3. The molecule has 28 heavy (non-hydrogen) atoms. The number of methoxy groups -OCH3 is 1. The SMILES string of the molecule is CCNC(=NCCCCN1CCCC1)NC1CCc2nc(COC)nn2C1.I. The maximum absolute atomic E-state index is 5.14. The van der Waals surface area contributed by atoms with E-state index < -0.39 is 0 Å². The fourth-order valence-electron chi connectivity index (χ4n) is 3.83. The van der Waals surface area contributed by atoms with Gasteiger partial charge < -0.3 is 20.3 Å². The molecule has 2 N–H and O–H groups in total. The zero-order valence-electron chi connectivity index (χ0n) is 17.3. The molecule has 160 valence electrons. The lowest BCUT2D eigenvalue weighted by atomic mass is 10.1. The minimum Gasteiger partial charge on any atom is -0.377 e. The number of halogens is 1. The molecule has 1 saturated heterocycles. The third kappa shape index (κ3) is 7.14. The molecule has 8 nitrogen and oxygen atoms in total. The summed E-state index contributed by atoms with van der Waals surface area (Å²) in [6.45, 7) is 8.95. The van der Waals surface area contributed by atoms with Gasteiger partial charge in [-0.15, -0.1) is 24.0 Å². The Bertz CT molecular complexity index is 601. The largest absolute Gasteiger partial charge is 0.377 e. The van der Waals surface area contributed by atoms with Crippen molar-refractivity contribution in [1.82, 2.24) is 30.3 Å². The first-order valence-corrected chi connectivity index (χ1v) is 10.5. The summed E-state index contributed by atoms with van der Waals surface area (Å²) in [7, 11) is 1.68. The van der Waals surface area contributed by atoms with E-state index >= 15 is 0 Å². The van der Waals surface area contributed by atoms with Gasteiger partial charge in [0.05, 0.1) is 6.54 Å². The second-order valence-corrected chi connectivity index (χ2v) is 7.46. The Kier molecular flexibility index (Phi) is 10.5. The van der Waals surface area contributed by atoms with E-state index in [2.05, 4.69) is 32.5 Å². The number of nitrogens with one attached hydrogen (secondary N) is 2. The van der Waals surface area contributed by atoms with Gasteiger partial charge in [-0.25, -0.2) is 9.67 Å². The quantitative estimate of drug-likeness (QED) is 0.231. The van der Waals surface area contributed by atoms with Crippen LogP contribution in [0.5, 0.6) is 0 Å². The average molecular weight is 505 g/mol. The van der Waals surface area contributed by atoms with Crippen molar-refractivity contribution in [3.05, 3.63) is 11.6 Å². The van der Waals surface area contributed by atoms with Crippen molar-refractivity contribution in [2.45, 2.75) is 64.6 Å². The van der Waals surface area contributed by atoms with E-state index in [0.29, 0.717) is 12.6 Å². The van der Waals surface area contributed by atoms with E-state index in [1.54, 1.807) is 7.11 Å². The molecule has 2 aliphatic rings. The summed E-state index contributed by atoms with van der Waals surface area (Å²) in [5.74, 6) is 2.75. The van der Waals surface area contributed by atoms with E-state index in [-0.39, 0.29) is 24.0 Å². The molecule has 2 aliphatic heterocycles. The van der Waals surface area contributed by atoms with Crippen LogP contribution in [0.25, 0.3) is 0 Å². The highest BCUT2D eigenvalue weighted by molar-refractivity contribution is 14.0. The molecule has 1 aromatic rings. The van der Waals surface area contributed by atoms with E-state index in [0.717, 1.165) is 56.5 Å². The number of guanidine groups is 1. The van der Waals surface area contributed by atoms with E-state index in [4.69, 9.17) is 9.73 Å². The van der Waals surface area contributed by atoms with Crippen LogP contribution in [0.4, 0.5) is 0 Å². The molecule has 0 radical (unpaired) electrons. The Morgan fingerprint density at radius 2 is 2.11 bits per heavy atom. The van der Waals surface area contributed by atoms with Crippen molar-refractivity contribution in [1.29, 1.82) is 0 Å². The number of hydrogen-bond acceptors (Lipinski definition) is 5. The first kappa shape index (κ1) is 23.3. The minimum atomic E-state index is 0. The highest BCUT2D eigenvalue weighted by Gasteiger charge is 2.22. The lowest BCUT2D eigenvalue weighted by Gasteiger charge is -2.25. The van der Waals surface area contributed by atoms with Crippen LogP contribution in [0.3, 0.4) is 0 Å². The maximum Gasteiger partial charge on any atom is 0.191 e. The molecule has 3 rings (SSSR count). The molecule has 1 aromatic heterocycles. The Morgan fingerprint density at radius 1 is 1.29 bits per heavy atom. The predicted molar refractivity (Wildman–Crippen MR) is 122 cm³/mol. The second-order valence-electron chi connectivity index (χ2n) is 7.46. The number of rotatable bonds is 9. The molecule has 0 saturated carbocycles. The Labute approximate surface area is 185 Å². The van der Waals surface area contributed by atoms with Crippen LogP contribution in [-0.2, 0) is 24.3 Å². The predicted octanol–water partition coefficient (Wildman–Crippen LogP) is 1.79. The smallest absolute Gasteiger partial charge is 0.191 e. The number of likely N-dealkylation sites (tertiary alicyclic amines) is 1. The third-order valence-electron chi connectivity index (χ3n) is 5.21. The number of aryl methyl sites for hydroxylation is 1. The van der Waals surface area contributed by atoms with Crippen LogP contribution in [0, 0.1) is 0 Å². The van der Waals surface area contributed by atoms with Crippen molar-refractivity contribution < 1.29 is 4.74 Å². The van der Waals surface area contributed by atoms with Gasteiger partial charge in [0, 0.05) is 32.7 Å². The summed E-state index contributed by atoms with van der Waals surface area (Å²) in [6, 6.07) is 0.331. The van der Waals surface area contributed by atoms with Crippen molar-refractivity contribution in [2.75, 3.05) is 39.8 Å². The fraction of sp³-hybridized carbons (Fsp3) is 0.842. The lowest BCUT2D eigenvalue weighted by Crippen LogP contribution is -2.47. The van der Waals surface area contributed by atoms with Crippen molar-refractivity contribution in [3.8, 4) is 0 Å². The summed E-state index contributed by atoms with van der Waals surface area (Å²) < 4.78 is 7.15. The summed E-state index contributed by atoms with van der Waals surface area (Å²) in [6.07, 6.45) is 7.10. The van der Waals surface area contributed by atoms with Crippen LogP contribution in [-0.4, -0.2) is 71.5 Å². The molecule has 1 fully saturated rings. The number of aromatic nitrogens is 3. The first-order valence-electron chi connectivity index (χ1n) is 10.5. The molecule has 9 heteroatoms. The van der Waals surface area contributed by atoms with Crippen molar-refractivity contribution >= 4 is 29.9 Å². The molecule has 0 aliphatic carbocycles. The van der Waals surface area contributed by atoms with E-state index in [1.165, 1.54) is 38.9 Å². The van der Waals surface area contributed by atoms with Crippen molar-refractivity contribution in [2.24, 2.45) is 4.99 Å². The number of aliphatic imine (C=N–C) groups is 1. The van der Waals surface area contributed by atoms with Crippen LogP contribution in [0.2, 0.25) is 0 Å². The van der Waals surface area contributed by atoms with Gasteiger partial charge in [-0.05, 0) is 58.7 Å². The van der Waals surface area contributed by atoms with Gasteiger partial charge >= 0.3 is 0 Å². The van der Waals surface area contributed by atoms with Gasteiger partial charge in [-0.2, -0.15) is 5.10 Å². The molecular formula is C19H36IN7O. The summed E-state index contributed by atoms with van der Waals surface area (Å²) in [5.41, 5.74) is 0. The van der Waals surface area contributed by atoms with Crippen LogP contribution in [0.15, 0.2) is 4.99 Å². The number of hydrogen-bond donors (Lipinski definition) is 2. The number of ether oxygens (including phenoxy) is 1. The van der Waals surface area contributed by atoms with Gasteiger partial charge in [0.2, 0.25) is 0 Å². The molecule has 0 amide bonds. The average Bonchev–Trinajstić information content (AvgIpc) is 3.30. The van der Waals surface area contributed by atoms with Crippen LogP contribution < -0.4 is 10.6 Å². The Balaban J connectivity index is 0.00000280. The standard InChI is InChI=1S/C19H35N7O.HI/c1-3-20-19(21-10-4-5-11-25-12-6-7-13-25)22-16-8-9-18-23-17(15-27-2)24-26(18)14-16;/h16H,3-15H2,1-2H3,(H2,20,21,22);1H. The fourth-order valence-corrected chi connectivity index (χ4v) is 3.83. The summed E-state index contributed by atoms with van der Waals surface area (Å²) >= 11 is 0. The zero-order valence-corrected chi connectivity index (χ0v) is 19.7. The van der Waals surface area contributed by atoms with Gasteiger partial charge in [0.15, 0.2) is 11.8 Å². The van der Waals surface area contributed by atoms with Gasteiger partial charge in [0.1, 0.15) is 12.4 Å². The topological polar surface area (TPSA) is 79.6 Å². The molecule has 0 aromatic carbocycles. The number of unbranched alkanes of at least 4 members (excludes halogenated alkanes) is 1. The van der Waals surface area contributed by atoms with Crippen molar-refractivity contribution in [3.63, 3.8) is 0 Å². The minimum absolute atomic E-state index is 0. The van der Waals surface area contributed by atoms with Gasteiger partial charge in [0.25, 0.3) is 0 Å². The monoisotopic (exact) mass is 505 g/mol. The summed E-state index contributed by atoms with van der Waals surface area (Å²) in [4.78, 5) is 11.9. The molecule has 0 spiro atoms. The van der Waals surface area contributed by atoms with Gasteiger partial charge in [-0.3, -0.25) is 4.99 Å². The molecular weight excluding hydrogens is 469 g/mol. The number of nitrogens with zero attached hydrogens (tertiary/aromatic N) is 5. The molecule has 1 atom stereocenters. The van der Waals surface area contributed by atoms with Gasteiger partial charge in [-0.1, -0.05) is 0 Å². The highest BCUT2D eigenvalue weighted by atomic mass is 127. The van der Waals surface area contributed by atoms with Crippen LogP contribution >= 0.6 is 24.0 Å². The van der Waals surface area contributed by atoms with E-state index in [9.17, 15) is 0 Å². The Hall–Kier alpha value is -0.940. The lowest BCUT2D eigenvalue weighted by molar-refractivity contribution is 0.177. The maximum atomic E-state index is 5.14. The normalized spacial score (nSPS) is 19.9. The molecule has 0 bridgehead atoms. The summed E-state index contributed by atoms with van der Waals surface area (Å²) in [5, 5.41) is 11.5. The second kappa shape index (κ2) is 12.6. The van der Waals surface area contributed by atoms with E-state index in [1.807, 2.05) is 4.68 Å².